The fourth-order valence-corrected chi connectivity index (χ4v) is 5.54. The molecule has 1 heterocycles. The molecule has 214 valence electrons. The first-order valence-corrected chi connectivity index (χ1v) is 16.3. The van der Waals surface area contributed by atoms with Gasteiger partial charge in [-0.2, -0.15) is 0 Å². The smallest absolute Gasteiger partial charge is 0.329 e. The standard InChI is InChI=1S/C29H58NO5P/c1-3-4-5-6-7-8-9-10-11-12-13-14-18-23-33-26-29(25-28(2)31)27-35-36(32)34-24-19-17-22-30-20-15-16-21-30/h29,32H,3-27H2,1-2H3. The molecule has 2 unspecified atom stereocenters. The number of carbonyl (C=O) groups excluding carboxylic acids is 1. The summed E-state index contributed by atoms with van der Waals surface area (Å²) in [6.45, 7) is 9.46. The van der Waals surface area contributed by atoms with Gasteiger partial charge in [-0.25, -0.2) is 0 Å². The van der Waals surface area contributed by atoms with Gasteiger partial charge in [-0.15, -0.1) is 0 Å². The van der Waals surface area contributed by atoms with E-state index in [1.807, 2.05) is 0 Å². The van der Waals surface area contributed by atoms with E-state index in [1.54, 1.807) is 6.92 Å². The first kappa shape index (κ1) is 33.9. The summed E-state index contributed by atoms with van der Waals surface area (Å²) in [5.41, 5.74) is 0. The molecule has 0 aromatic heterocycles. The highest BCUT2D eigenvalue weighted by Crippen LogP contribution is 2.34. The number of unbranched alkanes of at least 4 members (excludes halogenated alkanes) is 13. The van der Waals surface area contributed by atoms with Crippen molar-refractivity contribution < 1.29 is 23.5 Å². The second-order valence-corrected chi connectivity index (χ2v) is 11.7. The molecule has 2 atom stereocenters. The number of hydrogen-bond acceptors (Lipinski definition) is 6. The van der Waals surface area contributed by atoms with E-state index >= 15 is 0 Å². The molecule has 0 amide bonds. The van der Waals surface area contributed by atoms with E-state index in [0.717, 1.165) is 32.4 Å². The van der Waals surface area contributed by atoms with Crippen molar-refractivity contribution in [3.63, 3.8) is 0 Å². The van der Waals surface area contributed by atoms with Gasteiger partial charge >= 0.3 is 8.60 Å². The lowest BCUT2D eigenvalue weighted by molar-refractivity contribution is -0.118. The molecule has 1 aliphatic heterocycles. The van der Waals surface area contributed by atoms with Crippen LogP contribution in [0.4, 0.5) is 0 Å². The molecular formula is C29H58NO5P. The molecule has 1 fully saturated rings. The topological polar surface area (TPSA) is 68.2 Å². The SMILES string of the molecule is CCCCCCCCCCCCCCCOCC(COP(O)OCCCCN1CCCC1)CC(C)=O. The summed E-state index contributed by atoms with van der Waals surface area (Å²) in [7, 11) is -1.88. The zero-order chi connectivity index (χ0) is 26.1. The highest BCUT2D eigenvalue weighted by atomic mass is 31.2. The number of rotatable bonds is 27. The summed E-state index contributed by atoms with van der Waals surface area (Å²) >= 11 is 0. The normalized spacial score (nSPS) is 16.0. The Morgan fingerprint density at radius 2 is 1.33 bits per heavy atom. The van der Waals surface area contributed by atoms with Gasteiger partial charge in [-0.05, 0) is 58.7 Å². The van der Waals surface area contributed by atoms with Crippen LogP contribution in [0.25, 0.3) is 0 Å². The molecule has 1 N–H and O–H groups in total. The fraction of sp³-hybridized carbons (Fsp3) is 0.966. The zero-order valence-corrected chi connectivity index (χ0v) is 24.6. The Morgan fingerprint density at radius 3 is 1.92 bits per heavy atom. The second-order valence-electron chi connectivity index (χ2n) is 10.7. The van der Waals surface area contributed by atoms with Crippen molar-refractivity contribution in [3.05, 3.63) is 0 Å². The van der Waals surface area contributed by atoms with Gasteiger partial charge in [0.25, 0.3) is 0 Å². The monoisotopic (exact) mass is 531 g/mol. The van der Waals surface area contributed by atoms with E-state index < -0.39 is 8.60 Å². The molecular weight excluding hydrogens is 473 g/mol. The first-order chi connectivity index (χ1) is 17.6. The number of Topliss-reactive ketones (excluding diaryl/α,β-unsaturated/α-hetero) is 1. The van der Waals surface area contributed by atoms with Crippen LogP contribution in [0.2, 0.25) is 0 Å². The van der Waals surface area contributed by atoms with Crippen LogP contribution in [0.3, 0.4) is 0 Å². The summed E-state index contributed by atoms with van der Waals surface area (Å²) in [5, 5.41) is 0. The molecule has 1 saturated heterocycles. The predicted molar refractivity (Wildman–Crippen MR) is 151 cm³/mol. The van der Waals surface area contributed by atoms with Crippen LogP contribution in [0.5, 0.6) is 0 Å². The molecule has 0 aromatic rings. The van der Waals surface area contributed by atoms with Crippen LogP contribution >= 0.6 is 8.60 Å². The number of hydrogen-bond donors (Lipinski definition) is 1. The van der Waals surface area contributed by atoms with Crippen LogP contribution in [0.15, 0.2) is 0 Å². The Hall–Kier alpha value is -0.100. The number of ether oxygens (including phenoxy) is 1. The highest BCUT2D eigenvalue weighted by molar-refractivity contribution is 7.40. The van der Waals surface area contributed by atoms with E-state index in [-0.39, 0.29) is 11.7 Å². The molecule has 1 rings (SSSR count). The predicted octanol–water partition coefficient (Wildman–Crippen LogP) is 7.82. The maximum absolute atomic E-state index is 11.6. The third kappa shape index (κ3) is 21.9. The summed E-state index contributed by atoms with van der Waals surface area (Å²) in [6, 6.07) is 0. The van der Waals surface area contributed by atoms with Crippen LogP contribution in [0.1, 0.15) is 129 Å². The Bertz CT molecular complexity index is 490. The Morgan fingerprint density at radius 1 is 0.778 bits per heavy atom. The third-order valence-electron chi connectivity index (χ3n) is 7.01. The minimum atomic E-state index is -1.88. The van der Waals surface area contributed by atoms with Gasteiger partial charge in [0, 0.05) is 18.9 Å². The van der Waals surface area contributed by atoms with E-state index in [1.165, 1.54) is 103 Å². The van der Waals surface area contributed by atoms with E-state index in [0.29, 0.717) is 26.2 Å². The molecule has 6 nitrogen and oxygen atoms in total. The molecule has 1 aliphatic rings. The van der Waals surface area contributed by atoms with Gasteiger partial charge < -0.3 is 28.4 Å². The average molecular weight is 532 g/mol. The van der Waals surface area contributed by atoms with Gasteiger partial charge in [0.1, 0.15) is 5.78 Å². The molecule has 0 aromatic carbocycles. The maximum atomic E-state index is 11.6. The fourth-order valence-electron chi connectivity index (χ4n) is 4.84. The third-order valence-corrected chi connectivity index (χ3v) is 7.79. The Labute approximate surface area is 224 Å². The maximum Gasteiger partial charge on any atom is 0.329 e. The number of carbonyl (C=O) groups is 1. The van der Waals surface area contributed by atoms with Crippen molar-refractivity contribution in [2.45, 2.75) is 129 Å². The van der Waals surface area contributed by atoms with E-state index in [4.69, 9.17) is 13.8 Å². The molecule has 0 saturated carbocycles. The summed E-state index contributed by atoms with van der Waals surface area (Å²) < 4.78 is 16.8. The lowest BCUT2D eigenvalue weighted by Gasteiger charge is -2.18. The van der Waals surface area contributed by atoms with Crippen molar-refractivity contribution in [2.75, 3.05) is 46.1 Å². The van der Waals surface area contributed by atoms with Crippen LogP contribution in [0, 0.1) is 5.92 Å². The molecule has 7 heteroatoms. The molecule has 36 heavy (non-hydrogen) atoms. The highest BCUT2D eigenvalue weighted by Gasteiger charge is 2.16. The van der Waals surface area contributed by atoms with Crippen molar-refractivity contribution in [3.8, 4) is 0 Å². The van der Waals surface area contributed by atoms with Gasteiger partial charge in [0.15, 0.2) is 0 Å². The summed E-state index contributed by atoms with van der Waals surface area (Å²) in [4.78, 5) is 24.1. The quantitative estimate of drug-likeness (QED) is 0.0861. The average Bonchev–Trinajstić information content (AvgIpc) is 3.38. The first-order valence-electron chi connectivity index (χ1n) is 15.2. The molecule has 0 spiro atoms. The largest absolute Gasteiger partial charge is 0.381 e. The van der Waals surface area contributed by atoms with E-state index in [2.05, 4.69) is 11.8 Å². The van der Waals surface area contributed by atoms with E-state index in [9.17, 15) is 9.69 Å². The molecule has 0 aliphatic carbocycles. The van der Waals surface area contributed by atoms with Crippen molar-refractivity contribution in [1.82, 2.24) is 4.90 Å². The van der Waals surface area contributed by atoms with Crippen LogP contribution < -0.4 is 0 Å². The van der Waals surface area contributed by atoms with Crippen LogP contribution in [-0.2, 0) is 18.6 Å². The Balaban J connectivity index is 1.94. The van der Waals surface area contributed by atoms with Crippen molar-refractivity contribution >= 4 is 14.4 Å². The minimum absolute atomic E-state index is 0.0274. The van der Waals surface area contributed by atoms with Crippen LogP contribution in [-0.4, -0.2) is 61.6 Å². The number of ketones is 1. The lowest BCUT2D eigenvalue weighted by atomic mass is 10.0. The zero-order valence-electron chi connectivity index (χ0n) is 23.7. The van der Waals surface area contributed by atoms with Crippen molar-refractivity contribution in [1.29, 1.82) is 0 Å². The second kappa shape index (κ2) is 25.2. The lowest BCUT2D eigenvalue weighted by Crippen LogP contribution is -2.20. The minimum Gasteiger partial charge on any atom is -0.381 e. The van der Waals surface area contributed by atoms with Crippen molar-refractivity contribution in [2.24, 2.45) is 5.92 Å². The number of likely N-dealkylation sites (tertiary alicyclic amines) is 1. The van der Waals surface area contributed by atoms with Gasteiger partial charge in [-0.1, -0.05) is 84.0 Å². The summed E-state index contributed by atoms with van der Waals surface area (Å²) in [5.74, 6) is 0.0960. The number of nitrogens with zero attached hydrogens (tertiary/aromatic N) is 1. The molecule has 0 radical (unpaired) electrons. The summed E-state index contributed by atoms with van der Waals surface area (Å²) in [6.07, 6.45) is 22.5. The molecule has 0 bridgehead atoms. The van der Waals surface area contributed by atoms with Gasteiger partial charge in [0.05, 0.1) is 19.8 Å². The van der Waals surface area contributed by atoms with Gasteiger partial charge in [0.2, 0.25) is 0 Å². The van der Waals surface area contributed by atoms with Gasteiger partial charge in [-0.3, -0.25) is 0 Å². The Kier molecular flexibility index (Phi) is 23.7.